The van der Waals surface area contributed by atoms with Crippen LogP contribution in [-0.4, -0.2) is 25.3 Å². The molecule has 3 nitrogen and oxygen atoms in total. The Kier molecular flexibility index (Phi) is 2.42. The van der Waals surface area contributed by atoms with E-state index in [0.717, 1.165) is 0 Å². The molecule has 0 spiro atoms. The van der Waals surface area contributed by atoms with E-state index >= 15 is 0 Å². The molecule has 0 amide bonds. The molecule has 10 heavy (non-hydrogen) atoms. The Balaban J connectivity index is 3.50. The van der Waals surface area contributed by atoms with Gasteiger partial charge in [-0.05, 0) is 0 Å². The monoisotopic (exact) mass is 190 g/mol. The maximum atomic E-state index is 10.9. The summed E-state index contributed by atoms with van der Waals surface area (Å²) in [4.78, 5) is 11.4. The lowest BCUT2D eigenvalue weighted by molar-refractivity contribution is 0.878. The highest BCUT2D eigenvalue weighted by Gasteiger charge is 2.01. The van der Waals surface area contributed by atoms with Gasteiger partial charge in [0.1, 0.15) is 5.02 Å². The van der Waals surface area contributed by atoms with Crippen molar-refractivity contribution in [3.63, 3.8) is 0 Å². The van der Waals surface area contributed by atoms with Crippen LogP contribution in [0.3, 0.4) is 0 Å². The third-order valence-corrected chi connectivity index (χ3v) is 2.53. The zero-order chi connectivity index (χ0) is 7.72. The van der Waals surface area contributed by atoms with Gasteiger partial charge in [-0.15, -0.1) is 12.6 Å². The van der Waals surface area contributed by atoms with Gasteiger partial charge in [-0.25, -0.2) is 5.10 Å². The zero-order valence-electron chi connectivity index (χ0n) is 5.21. The van der Waals surface area contributed by atoms with Crippen molar-refractivity contribution in [2.24, 2.45) is 0 Å². The number of aromatic nitrogens is 2. The zero-order valence-corrected chi connectivity index (χ0v) is 8.86. The SMILES string of the molecule is O=c1c(Cl)c(S)cn[n]1[AlH2]. The van der Waals surface area contributed by atoms with Gasteiger partial charge < -0.3 is 3.67 Å². The second-order valence-electron chi connectivity index (χ2n) is 1.77. The molecule has 0 atom stereocenters. The number of rotatable bonds is 0. The highest BCUT2D eigenvalue weighted by molar-refractivity contribution is 7.80. The van der Waals surface area contributed by atoms with Crippen LogP contribution in [0, 0.1) is 0 Å². The summed E-state index contributed by atoms with van der Waals surface area (Å²) in [5, 5.41) is 3.89. The van der Waals surface area contributed by atoms with Crippen LogP contribution < -0.4 is 5.56 Å². The molecular formula is C4H4AlClN2OS. The van der Waals surface area contributed by atoms with E-state index in [1.54, 1.807) is 0 Å². The molecule has 1 aromatic heterocycles. The van der Waals surface area contributed by atoms with E-state index in [4.69, 9.17) is 11.6 Å². The fourth-order valence-corrected chi connectivity index (χ4v) is 1.30. The van der Waals surface area contributed by atoms with Crippen molar-refractivity contribution in [3.05, 3.63) is 21.6 Å². The fraction of sp³-hybridized carbons (Fsp3) is 0. The molecule has 6 heteroatoms. The van der Waals surface area contributed by atoms with E-state index in [1.807, 2.05) is 0 Å². The van der Waals surface area contributed by atoms with Crippen molar-refractivity contribution >= 4 is 40.7 Å². The van der Waals surface area contributed by atoms with Crippen LogP contribution in [0.2, 0.25) is 5.02 Å². The first kappa shape index (κ1) is 8.15. The van der Waals surface area contributed by atoms with Gasteiger partial charge >= 0.3 is 16.5 Å². The summed E-state index contributed by atoms with van der Waals surface area (Å²) >= 11 is 10.0. The van der Waals surface area contributed by atoms with E-state index in [2.05, 4.69) is 17.7 Å². The van der Waals surface area contributed by atoms with Crippen LogP contribution in [0.4, 0.5) is 0 Å². The van der Waals surface area contributed by atoms with Gasteiger partial charge in [0.15, 0.2) is 0 Å². The first-order valence-corrected chi connectivity index (χ1v) is 4.25. The van der Waals surface area contributed by atoms with Gasteiger partial charge in [-0.3, -0.25) is 4.79 Å². The molecule has 1 heterocycles. The average Bonchev–Trinajstić information content (AvgIpc) is 1.93. The van der Waals surface area contributed by atoms with Crippen LogP contribution >= 0.6 is 24.2 Å². The first-order valence-electron chi connectivity index (χ1n) is 2.53. The third-order valence-electron chi connectivity index (χ3n) is 1.06. The lowest BCUT2D eigenvalue weighted by atomic mass is 10.6. The lowest BCUT2D eigenvalue weighted by Crippen LogP contribution is -2.21. The van der Waals surface area contributed by atoms with E-state index in [1.165, 1.54) is 9.86 Å². The van der Waals surface area contributed by atoms with Gasteiger partial charge in [0.25, 0.3) is 5.56 Å². The van der Waals surface area contributed by atoms with E-state index in [9.17, 15) is 4.79 Å². The van der Waals surface area contributed by atoms with Crippen LogP contribution in [-0.2, 0) is 0 Å². The summed E-state index contributed by atoms with van der Waals surface area (Å²) in [6.45, 7) is 0. The van der Waals surface area contributed by atoms with Crippen LogP contribution in [0.15, 0.2) is 15.9 Å². The Morgan fingerprint density at radius 1 is 1.80 bits per heavy atom. The number of hydrogen-bond donors (Lipinski definition) is 1. The molecule has 0 aliphatic heterocycles. The van der Waals surface area contributed by atoms with Crippen molar-refractivity contribution in [3.8, 4) is 0 Å². The molecule has 52 valence electrons. The summed E-state index contributed by atoms with van der Waals surface area (Å²) in [7, 11) is 0. The highest BCUT2D eigenvalue weighted by atomic mass is 35.5. The molecule has 0 aliphatic rings. The number of halogens is 1. The minimum atomic E-state index is -0.263. The average molecular weight is 191 g/mol. The molecule has 0 unspecified atom stereocenters. The maximum absolute atomic E-state index is 10.9. The van der Waals surface area contributed by atoms with Gasteiger partial charge in [0.05, 0.1) is 6.20 Å². The topological polar surface area (TPSA) is 34.9 Å². The molecule has 1 rings (SSSR count). The van der Waals surface area contributed by atoms with E-state index in [0.29, 0.717) is 21.4 Å². The Bertz CT molecular complexity index is 313. The molecule has 1 aromatic rings. The molecule has 0 saturated carbocycles. The second-order valence-corrected chi connectivity index (χ2v) is 3.48. The molecule has 0 N–H and O–H groups in total. The van der Waals surface area contributed by atoms with Crippen LogP contribution in [0.1, 0.15) is 0 Å². The normalized spacial score (nSPS) is 9.80. The van der Waals surface area contributed by atoms with E-state index < -0.39 is 0 Å². The summed E-state index contributed by atoms with van der Waals surface area (Å²) in [5.74, 6) is 0. The van der Waals surface area contributed by atoms with Crippen molar-refractivity contribution < 1.29 is 0 Å². The predicted octanol–water partition coefficient (Wildman–Crippen LogP) is -0.418. The van der Waals surface area contributed by atoms with Gasteiger partial charge in [0.2, 0.25) is 0 Å². The van der Waals surface area contributed by atoms with Crippen molar-refractivity contribution in [1.29, 1.82) is 0 Å². The molecule has 0 aromatic carbocycles. The molecule has 0 aliphatic carbocycles. The summed E-state index contributed by atoms with van der Waals surface area (Å²) < 4.78 is 1.29. The number of hydrogen-bond acceptors (Lipinski definition) is 3. The van der Waals surface area contributed by atoms with E-state index in [-0.39, 0.29) is 10.6 Å². The smallest absolute Gasteiger partial charge is 0.336 e. The second kappa shape index (κ2) is 2.97. The van der Waals surface area contributed by atoms with Crippen molar-refractivity contribution in [2.75, 3.05) is 0 Å². The summed E-state index contributed by atoms with van der Waals surface area (Å²) in [6, 6.07) is 0. The molecule has 0 saturated heterocycles. The summed E-state index contributed by atoms with van der Waals surface area (Å²) in [5.41, 5.74) is -0.263. The Hall–Kier alpha value is 0.0525. The van der Waals surface area contributed by atoms with Gasteiger partial charge in [-0.2, -0.15) is 0 Å². The quantitative estimate of drug-likeness (QED) is 0.446. The van der Waals surface area contributed by atoms with Crippen molar-refractivity contribution in [1.82, 2.24) is 8.76 Å². The Morgan fingerprint density at radius 2 is 2.40 bits per heavy atom. The highest BCUT2D eigenvalue weighted by Crippen LogP contribution is 2.11. The maximum Gasteiger partial charge on any atom is 0.404 e. The predicted molar refractivity (Wildman–Crippen MR) is 44.7 cm³/mol. The van der Waals surface area contributed by atoms with Gasteiger partial charge in [-0.1, -0.05) is 11.6 Å². The van der Waals surface area contributed by atoms with Gasteiger partial charge in [0, 0.05) is 4.90 Å². The number of thiol groups is 1. The summed E-state index contributed by atoms with van der Waals surface area (Å²) in [6.07, 6.45) is 1.46. The van der Waals surface area contributed by atoms with Crippen LogP contribution in [0.25, 0.3) is 0 Å². The first-order chi connectivity index (χ1) is 4.63. The Morgan fingerprint density at radius 3 is 2.90 bits per heavy atom. The standard InChI is InChI=1S/C4H3ClN2OS.Al.2H/c5-3-2(9)1-6-7-4(3)8;;;/h1H,(H2,7,8,9);;;/q;+1;;/p-1. The minimum absolute atomic E-state index is 0.147. The minimum Gasteiger partial charge on any atom is -0.336 e. The molecule has 0 radical (unpaired) electrons. The molecule has 0 fully saturated rings. The Labute approximate surface area is 76.0 Å². The lowest BCUT2D eigenvalue weighted by Gasteiger charge is -1.97. The molecule has 0 bridgehead atoms. The third kappa shape index (κ3) is 1.38. The largest absolute Gasteiger partial charge is 0.404 e. The molecular weight excluding hydrogens is 187 g/mol. The van der Waals surface area contributed by atoms with Crippen molar-refractivity contribution in [2.45, 2.75) is 4.90 Å². The fourth-order valence-electron chi connectivity index (χ4n) is 0.502. The van der Waals surface area contributed by atoms with Crippen LogP contribution in [0.5, 0.6) is 0 Å². The number of nitrogens with zero attached hydrogens (tertiary/aromatic N) is 2.